The molecule has 162 valence electrons. The second-order valence-electron chi connectivity index (χ2n) is 7.55. The number of nitrogens with one attached hydrogen (secondary N) is 1. The van der Waals surface area contributed by atoms with E-state index in [0.717, 1.165) is 34.9 Å². The van der Waals surface area contributed by atoms with Crippen LogP contribution in [0, 0.1) is 0 Å². The van der Waals surface area contributed by atoms with Gasteiger partial charge in [0.2, 0.25) is 0 Å². The van der Waals surface area contributed by atoms with E-state index < -0.39 is 5.97 Å². The molecule has 1 fully saturated rings. The fourth-order valence-corrected chi connectivity index (χ4v) is 4.20. The van der Waals surface area contributed by atoms with Crippen molar-refractivity contribution < 1.29 is 23.8 Å². The maximum atomic E-state index is 12.9. The van der Waals surface area contributed by atoms with Gasteiger partial charge in [-0.15, -0.1) is 0 Å². The first-order valence-corrected chi connectivity index (χ1v) is 10.3. The number of likely N-dealkylation sites (tertiary alicyclic amines) is 1. The third-order valence-corrected chi connectivity index (χ3v) is 5.74. The lowest BCUT2D eigenvalue weighted by molar-refractivity contribution is -0.151. The molecule has 2 aromatic carbocycles. The average Bonchev–Trinajstić information content (AvgIpc) is 3.45. The third-order valence-electron chi connectivity index (χ3n) is 5.74. The van der Waals surface area contributed by atoms with Crippen molar-refractivity contribution in [2.75, 3.05) is 27.4 Å². The molecule has 2 heterocycles. The minimum atomic E-state index is -0.423. The number of benzene rings is 2. The normalized spacial score (nSPS) is 15.8. The van der Waals surface area contributed by atoms with Crippen molar-refractivity contribution in [2.24, 2.45) is 0 Å². The zero-order valence-corrected chi connectivity index (χ0v) is 17.7. The van der Waals surface area contributed by atoms with Crippen LogP contribution in [0.5, 0.6) is 11.5 Å². The Bertz CT molecular complexity index is 1090. The number of nitrogens with zero attached hydrogens (tertiary/aromatic N) is 1. The van der Waals surface area contributed by atoms with E-state index in [1.807, 2.05) is 42.5 Å². The Morgan fingerprint density at radius 3 is 2.77 bits per heavy atom. The Morgan fingerprint density at radius 1 is 1.13 bits per heavy atom. The largest absolute Gasteiger partial charge is 0.497 e. The third kappa shape index (κ3) is 4.35. The number of fused-ring (bicyclic) bond motifs is 1. The number of esters is 1. The highest BCUT2D eigenvalue weighted by Crippen LogP contribution is 2.38. The van der Waals surface area contributed by atoms with Crippen LogP contribution in [0.1, 0.15) is 30.0 Å². The number of carbonyl (C=O) groups is 2. The van der Waals surface area contributed by atoms with Crippen LogP contribution in [-0.4, -0.2) is 49.1 Å². The van der Waals surface area contributed by atoms with Gasteiger partial charge in [0, 0.05) is 29.2 Å². The summed E-state index contributed by atoms with van der Waals surface area (Å²) in [6.45, 7) is 0.341. The number of aromatic amines is 1. The summed E-state index contributed by atoms with van der Waals surface area (Å²) in [7, 11) is 3.22. The Morgan fingerprint density at radius 2 is 1.97 bits per heavy atom. The average molecular weight is 422 g/mol. The molecule has 0 aliphatic carbocycles. The Hall–Kier alpha value is -3.48. The van der Waals surface area contributed by atoms with Gasteiger partial charge in [-0.3, -0.25) is 9.59 Å². The molecule has 1 atom stereocenters. The molecular weight excluding hydrogens is 396 g/mol. The first-order valence-electron chi connectivity index (χ1n) is 10.3. The van der Waals surface area contributed by atoms with Gasteiger partial charge in [-0.2, -0.15) is 0 Å². The molecule has 3 aromatic rings. The SMILES string of the molecule is COc1ccc(OC)c([C@@H]2CCCN2C(=O)COC(=O)Cc2c[nH]c3ccccc23)c1. The zero-order chi connectivity index (χ0) is 21.8. The van der Waals surface area contributed by atoms with Gasteiger partial charge in [0.05, 0.1) is 26.7 Å². The number of amides is 1. The van der Waals surface area contributed by atoms with Gasteiger partial charge in [0.25, 0.3) is 5.91 Å². The summed E-state index contributed by atoms with van der Waals surface area (Å²) >= 11 is 0. The van der Waals surface area contributed by atoms with E-state index in [-0.39, 0.29) is 25.0 Å². The molecule has 1 amide bonds. The molecule has 0 radical (unpaired) electrons. The summed E-state index contributed by atoms with van der Waals surface area (Å²) in [5, 5.41) is 0.982. The first kappa shape index (κ1) is 20.8. The molecule has 1 aromatic heterocycles. The quantitative estimate of drug-likeness (QED) is 0.588. The molecule has 1 saturated heterocycles. The van der Waals surface area contributed by atoms with Gasteiger partial charge in [-0.05, 0) is 42.7 Å². The van der Waals surface area contributed by atoms with E-state index in [1.54, 1.807) is 25.3 Å². The summed E-state index contributed by atoms with van der Waals surface area (Å²) in [4.78, 5) is 30.1. The minimum absolute atomic E-state index is 0.116. The lowest BCUT2D eigenvalue weighted by Gasteiger charge is -2.26. The number of methoxy groups -OCH3 is 2. The van der Waals surface area contributed by atoms with Crippen molar-refractivity contribution in [3.8, 4) is 11.5 Å². The van der Waals surface area contributed by atoms with Gasteiger partial charge in [-0.25, -0.2) is 0 Å². The maximum absolute atomic E-state index is 12.9. The van der Waals surface area contributed by atoms with Crippen LogP contribution in [-0.2, 0) is 20.7 Å². The second kappa shape index (κ2) is 9.12. The molecule has 1 aliphatic rings. The first-order chi connectivity index (χ1) is 15.1. The molecule has 0 saturated carbocycles. The number of carbonyl (C=O) groups excluding carboxylic acids is 2. The van der Waals surface area contributed by atoms with Gasteiger partial charge < -0.3 is 24.1 Å². The minimum Gasteiger partial charge on any atom is -0.497 e. The Kier molecular flexibility index (Phi) is 6.11. The van der Waals surface area contributed by atoms with Gasteiger partial charge in [0.1, 0.15) is 11.5 Å². The van der Waals surface area contributed by atoms with Crippen LogP contribution < -0.4 is 9.47 Å². The van der Waals surface area contributed by atoms with E-state index in [4.69, 9.17) is 14.2 Å². The van der Waals surface area contributed by atoms with E-state index >= 15 is 0 Å². The molecule has 0 unspecified atom stereocenters. The van der Waals surface area contributed by atoms with E-state index in [0.29, 0.717) is 18.0 Å². The molecule has 7 nitrogen and oxygen atoms in total. The van der Waals surface area contributed by atoms with Crippen LogP contribution in [0.4, 0.5) is 0 Å². The molecule has 7 heteroatoms. The molecular formula is C24H26N2O5. The number of para-hydroxylation sites is 1. The highest BCUT2D eigenvalue weighted by atomic mass is 16.5. The van der Waals surface area contributed by atoms with Crippen LogP contribution in [0.3, 0.4) is 0 Å². The van der Waals surface area contributed by atoms with E-state index in [9.17, 15) is 9.59 Å². The lowest BCUT2D eigenvalue weighted by Crippen LogP contribution is -2.34. The number of hydrogen-bond acceptors (Lipinski definition) is 5. The van der Waals surface area contributed by atoms with Crippen LogP contribution in [0.25, 0.3) is 10.9 Å². The summed E-state index contributed by atoms with van der Waals surface area (Å²) in [5.41, 5.74) is 2.72. The predicted octanol–water partition coefficient (Wildman–Crippen LogP) is 3.63. The second-order valence-corrected chi connectivity index (χ2v) is 7.55. The smallest absolute Gasteiger partial charge is 0.310 e. The summed E-state index contributed by atoms with van der Waals surface area (Å²) in [6, 6.07) is 13.2. The van der Waals surface area contributed by atoms with Crippen molar-refractivity contribution in [1.29, 1.82) is 0 Å². The van der Waals surface area contributed by atoms with Crippen molar-refractivity contribution in [1.82, 2.24) is 9.88 Å². The Balaban J connectivity index is 1.40. The summed E-state index contributed by atoms with van der Waals surface area (Å²) in [5.74, 6) is 0.787. The molecule has 1 N–H and O–H groups in total. The Labute approximate surface area is 180 Å². The van der Waals surface area contributed by atoms with Crippen molar-refractivity contribution in [3.63, 3.8) is 0 Å². The standard InChI is InChI=1S/C24H26N2O5/c1-29-17-9-10-22(30-2)19(13-17)21-8-5-11-26(21)23(27)15-31-24(28)12-16-14-25-20-7-4-3-6-18(16)20/h3-4,6-7,9-10,13-14,21,25H,5,8,11-12,15H2,1-2H3/t21-/m0/s1. The molecule has 0 bridgehead atoms. The van der Waals surface area contributed by atoms with Crippen molar-refractivity contribution in [2.45, 2.75) is 25.3 Å². The topological polar surface area (TPSA) is 80.9 Å². The van der Waals surface area contributed by atoms with Crippen LogP contribution in [0.15, 0.2) is 48.7 Å². The lowest BCUT2D eigenvalue weighted by atomic mass is 10.0. The number of H-pyrrole nitrogens is 1. The van der Waals surface area contributed by atoms with Crippen LogP contribution in [0.2, 0.25) is 0 Å². The molecule has 4 rings (SSSR count). The maximum Gasteiger partial charge on any atom is 0.310 e. The van der Waals surface area contributed by atoms with E-state index in [1.165, 1.54) is 0 Å². The monoisotopic (exact) mass is 422 g/mol. The summed E-state index contributed by atoms with van der Waals surface area (Å²) in [6.07, 6.45) is 3.61. The fourth-order valence-electron chi connectivity index (χ4n) is 4.20. The number of rotatable bonds is 7. The summed E-state index contributed by atoms with van der Waals surface area (Å²) < 4.78 is 16.2. The van der Waals surface area contributed by atoms with Crippen LogP contribution >= 0.6 is 0 Å². The molecule has 31 heavy (non-hydrogen) atoms. The van der Waals surface area contributed by atoms with Gasteiger partial charge in [-0.1, -0.05) is 18.2 Å². The zero-order valence-electron chi connectivity index (χ0n) is 17.7. The highest BCUT2D eigenvalue weighted by Gasteiger charge is 2.32. The van der Waals surface area contributed by atoms with Crippen molar-refractivity contribution in [3.05, 3.63) is 59.8 Å². The van der Waals surface area contributed by atoms with Gasteiger partial charge >= 0.3 is 5.97 Å². The fraction of sp³-hybridized carbons (Fsp3) is 0.333. The predicted molar refractivity (Wildman–Crippen MR) is 116 cm³/mol. The molecule has 1 aliphatic heterocycles. The number of hydrogen-bond donors (Lipinski definition) is 1. The van der Waals surface area contributed by atoms with E-state index in [2.05, 4.69) is 4.98 Å². The van der Waals surface area contributed by atoms with Crippen molar-refractivity contribution >= 4 is 22.8 Å². The number of aromatic nitrogens is 1. The van der Waals surface area contributed by atoms with Gasteiger partial charge in [0.15, 0.2) is 6.61 Å². The molecule has 0 spiro atoms. The highest BCUT2D eigenvalue weighted by molar-refractivity contribution is 5.88. The number of ether oxygens (including phenoxy) is 3.